The molecule has 178 valence electrons. The molecule has 2 unspecified atom stereocenters. The number of aliphatic hydroxyl groups excluding tert-OH is 2. The first kappa shape index (κ1) is 23.5. The van der Waals surface area contributed by atoms with Gasteiger partial charge in [-0.05, 0) is 104 Å². The Labute approximate surface area is 189 Å². The molecule has 4 aliphatic rings. The number of carbonyl (C=O) groups is 1. The van der Waals surface area contributed by atoms with Gasteiger partial charge < -0.3 is 15.3 Å². The molecule has 0 aromatic carbocycles. The van der Waals surface area contributed by atoms with Gasteiger partial charge in [-0.1, -0.05) is 40.5 Å². The molecule has 0 bridgehead atoms. The van der Waals surface area contributed by atoms with E-state index in [9.17, 15) is 15.0 Å². The summed E-state index contributed by atoms with van der Waals surface area (Å²) in [6.45, 7) is 9.22. The predicted octanol–water partition coefficient (Wildman–Crippen LogP) is 5.50. The Morgan fingerprint density at radius 1 is 0.935 bits per heavy atom. The molecule has 0 amide bonds. The van der Waals surface area contributed by atoms with E-state index in [0.717, 1.165) is 44.9 Å². The van der Waals surface area contributed by atoms with Crippen LogP contribution in [0.5, 0.6) is 0 Å². The molecule has 0 heterocycles. The van der Waals surface area contributed by atoms with Crippen molar-refractivity contribution in [3.63, 3.8) is 0 Å². The van der Waals surface area contributed by atoms with E-state index in [4.69, 9.17) is 5.11 Å². The topological polar surface area (TPSA) is 77.8 Å². The van der Waals surface area contributed by atoms with E-state index in [-0.39, 0.29) is 18.1 Å². The second-order valence-electron chi connectivity index (χ2n) is 12.6. The lowest BCUT2D eigenvalue weighted by Crippen LogP contribution is -2.58. The van der Waals surface area contributed by atoms with Crippen molar-refractivity contribution in [2.45, 2.75) is 111 Å². The first-order valence-corrected chi connectivity index (χ1v) is 13.2. The van der Waals surface area contributed by atoms with E-state index < -0.39 is 5.97 Å². The number of aliphatic hydroxyl groups is 2. The molecule has 11 atom stereocenters. The minimum Gasteiger partial charge on any atom is -0.481 e. The van der Waals surface area contributed by atoms with Gasteiger partial charge in [-0.25, -0.2) is 0 Å². The fourth-order valence-corrected chi connectivity index (χ4v) is 9.25. The fraction of sp³-hybridized carbons (Fsp3) is 0.963. The second kappa shape index (κ2) is 8.63. The summed E-state index contributed by atoms with van der Waals surface area (Å²) in [5.74, 6) is 2.55. The minimum atomic E-state index is -0.674. The molecule has 4 fully saturated rings. The third kappa shape index (κ3) is 3.98. The SMILES string of the molecule is CC(CCC[C@@H](C)[C@H]1CC[C@H]2C3[C@H](O)C[C@@H]4C[C@H](O)CC[C@]4(C)[C@H]3CC[C@]12C)C(=O)O. The molecule has 0 saturated heterocycles. The summed E-state index contributed by atoms with van der Waals surface area (Å²) >= 11 is 0. The summed E-state index contributed by atoms with van der Waals surface area (Å²) in [4.78, 5) is 11.1. The summed E-state index contributed by atoms with van der Waals surface area (Å²) < 4.78 is 0. The molecule has 4 nitrogen and oxygen atoms in total. The maximum atomic E-state index is 11.3. The number of carboxylic acid groups (broad SMARTS) is 1. The van der Waals surface area contributed by atoms with Gasteiger partial charge in [0.15, 0.2) is 0 Å². The molecule has 4 aliphatic carbocycles. The summed E-state index contributed by atoms with van der Waals surface area (Å²) in [6, 6.07) is 0. The molecular formula is C27H46O4. The van der Waals surface area contributed by atoms with Crippen LogP contribution >= 0.6 is 0 Å². The Hall–Kier alpha value is -0.610. The normalized spacial score (nSPS) is 48.9. The monoisotopic (exact) mass is 434 g/mol. The van der Waals surface area contributed by atoms with Gasteiger partial charge >= 0.3 is 5.97 Å². The third-order valence-corrected chi connectivity index (χ3v) is 11.1. The van der Waals surface area contributed by atoms with Crippen LogP contribution in [0.1, 0.15) is 98.3 Å². The molecule has 0 radical (unpaired) electrons. The third-order valence-electron chi connectivity index (χ3n) is 11.1. The Kier molecular flexibility index (Phi) is 6.55. The minimum absolute atomic E-state index is 0.170. The smallest absolute Gasteiger partial charge is 0.306 e. The first-order chi connectivity index (χ1) is 14.6. The van der Waals surface area contributed by atoms with E-state index >= 15 is 0 Å². The lowest BCUT2D eigenvalue weighted by atomic mass is 9.43. The highest BCUT2D eigenvalue weighted by molar-refractivity contribution is 5.69. The summed E-state index contributed by atoms with van der Waals surface area (Å²) in [5, 5.41) is 30.8. The number of hydrogen-bond acceptors (Lipinski definition) is 3. The molecule has 4 rings (SSSR count). The van der Waals surface area contributed by atoms with Crippen molar-refractivity contribution in [2.75, 3.05) is 0 Å². The standard InChI is InChI=1S/C27H46O4/c1-16(6-5-7-17(2)25(30)31)20-8-9-21-24-22(11-13-27(20,21)4)26(3)12-10-19(28)14-18(26)15-23(24)29/h16-24,28-29H,5-15H2,1-4H3,(H,30,31)/t16-,17?,18+,19-,20-,21+,22+,23-,24?,26+,27-/m1/s1. The van der Waals surface area contributed by atoms with E-state index in [2.05, 4.69) is 20.8 Å². The Morgan fingerprint density at radius 2 is 1.61 bits per heavy atom. The molecule has 0 aliphatic heterocycles. The Morgan fingerprint density at radius 3 is 2.32 bits per heavy atom. The van der Waals surface area contributed by atoms with E-state index in [0.29, 0.717) is 46.3 Å². The molecular weight excluding hydrogens is 388 g/mol. The van der Waals surface area contributed by atoms with Crippen LogP contribution in [-0.4, -0.2) is 33.5 Å². The van der Waals surface area contributed by atoms with E-state index in [1.165, 1.54) is 25.7 Å². The highest BCUT2D eigenvalue weighted by atomic mass is 16.4. The highest BCUT2D eigenvalue weighted by Crippen LogP contribution is 2.68. The largest absolute Gasteiger partial charge is 0.481 e. The molecule has 0 aromatic heterocycles. The van der Waals surface area contributed by atoms with Gasteiger partial charge in [0.1, 0.15) is 0 Å². The van der Waals surface area contributed by atoms with Crippen LogP contribution in [0.25, 0.3) is 0 Å². The van der Waals surface area contributed by atoms with Crippen LogP contribution in [-0.2, 0) is 4.79 Å². The molecule has 4 saturated carbocycles. The number of hydrogen-bond donors (Lipinski definition) is 3. The van der Waals surface area contributed by atoms with Crippen LogP contribution < -0.4 is 0 Å². The van der Waals surface area contributed by atoms with Crippen molar-refractivity contribution in [2.24, 2.45) is 52.3 Å². The van der Waals surface area contributed by atoms with Crippen molar-refractivity contribution in [1.82, 2.24) is 0 Å². The van der Waals surface area contributed by atoms with Gasteiger partial charge in [0.2, 0.25) is 0 Å². The van der Waals surface area contributed by atoms with Crippen molar-refractivity contribution in [3.8, 4) is 0 Å². The maximum Gasteiger partial charge on any atom is 0.306 e. The lowest BCUT2D eigenvalue weighted by Gasteiger charge is -2.62. The summed E-state index contributed by atoms with van der Waals surface area (Å²) in [6.07, 6.45) is 11.4. The average Bonchev–Trinajstić information content (AvgIpc) is 3.06. The lowest BCUT2D eigenvalue weighted by molar-refractivity contribution is -0.174. The molecule has 0 aromatic rings. The molecule has 0 spiro atoms. The van der Waals surface area contributed by atoms with Gasteiger partial charge in [0.25, 0.3) is 0 Å². The van der Waals surface area contributed by atoms with Gasteiger partial charge in [-0.15, -0.1) is 0 Å². The summed E-state index contributed by atoms with van der Waals surface area (Å²) in [7, 11) is 0. The van der Waals surface area contributed by atoms with Crippen molar-refractivity contribution in [3.05, 3.63) is 0 Å². The van der Waals surface area contributed by atoms with Crippen molar-refractivity contribution < 1.29 is 20.1 Å². The van der Waals surface area contributed by atoms with Crippen LogP contribution in [0.4, 0.5) is 0 Å². The molecule has 3 N–H and O–H groups in total. The maximum absolute atomic E-state index is 11.3. The van der Waals surface area contributed by atoms with Gasteiger partial charge in [0.05, 0.1) is 18.1 Å². The summed E-state index contributed by atoms with van der Waals surface area (Å²) in [5.41, 5.74) is 0.610. The fourth-order valence-electron chi connectivity index (χ4n) is 9.25. The van der Waals surface area contributed by atoms with Gasteiger partial charge in [-0.2, -0.15) is 0 Å². The average molecular weight is 435 g/mol. The second-order valence-corrected chi connectivity index (χ2v) is 12.6. The highest BCUT2D eigenvalue weighted by Gasteiger charge is 2.62. The van der Waals surface area contributed by atoms with Crippen LogP contribution in [0.2, 0.25) is 0 Å². The van der Waals surface area contributed by atoms with Crippen molar-refractivity contribution >= 4 is 5.97 Å². The van der Waals surface area contributed by atoms with Crippen molar-refractivity contribution in [1.29, 1.82) is 0 Å². The van der Waals surface area contributed by atoms with Crippen LogP contribution in [0.15, 0.2) is 0 Å². The van der Waals surface area contributed by atoms with Gasteiger partial charge in [0, 0.05) is 0 Å². The number of carboxylic acids is 1. The first-order valence-electron chi connectivity index (χ1n) is 13.2. The predicted molar refractivity (Wildman–Crippen MR) is 122 cm³/mol. The van der Waals surface area contributed by atoms with Gasteiger partial charge in [-0.3, -0.25) is 4.79 Å². The number of rotatable bonds is 6. The van der Waals surface area contributed by atoms with Crippen LogP contribution in [0, 0.1) is 52.3 Å². The number of aliphatic carboxylic acids is 1. The van der Waals surface area contributed by atoms with E-state index in [1.54, 1.807) is 0 Å². The zero-order chi connectivity index (χ0) is 22.6. The Balaban J connectivity index is 1.46. The zero-order valence-electron chi connectivity index (χ0n) is 20.2. The molecule has 31 heavy (non-hydrogen) atoms. The Bertz CT molecular complexity index is 664. The molecule has 4 heteroatoms. The number of fused-ring (bicyclic) bond motifs is 5. The zero-order valence-corrected chi connectivity index (χ0v) is 20.2. The van der Waals surface area contributed by atoms with Crippen LogP contribution in [0.3, 0.4) is 0 Å². The quantitative estimate of drug-likeness (QED) is 0.515. The van der Waals surface area contributed by atoms with E-state index in [1.807, 2.05) is 6.92 Å².